The molecule has 0 atom stereocenters. The van der Waals surface area contributed by atoms with Gasteiger partial charge in [0.2, 0.25) is 0 Å². The second-order valence-electron chi connectivity index (χ2n) is 6.75. The molecule has 0 unspecified atom stereocenters. The molecule has 1 aliphatic carbocycles. The van der Waals surface area contributed by atoms with Crippen LogP contribution in [0.5, 0.6) is 0 Å². The lowest BCUT2D eigenvalue weighted by Crippen LogP contribution is -2.43. The number of anilines is 1. The molecule has 1 saturated carbocycles. The zero-order chi connectivity index (χ0) is 16.6. The van der Waals surface area contributed by atoms with Gasteiger partial charge in [-0.3, -0.25) is 0 Å². The minimum Gasteiger partial charge on any atom is -0.378 e. The van der Waals surface area contributed by atoms with Crippen LogP contribution in [0.3, 0.4) is 0 Å². The van der Waals surface area contributed by atoms with Crippen LogP contribution in [0.4, 0.5) is 10.5 Å². The first-order chi connectivity index (χ1) is 11.8. The van der Waals surface area contributed by atoms with E-state index in [4.69, 9.17) is 4.74 Å². The molecule has 132 valence electrons. The van der Waals surface area contributed by atoms with Crippen molar-refractivity contribution in [3.63, 3.8) is 0 Å². The summed E-state index contributed by atoms with van der Waals surface area (Å²) in [5.74, 6) is 0. The Morgan fingerprint density at radius 2 is 1.79 bits per heavy atom. The number of morpholine rings is 1. The van der Waals surface area contributed by atoms with Gasteiger partial charge in [0, 0.05) is 31.4 Å². The first-order valence-electron chi connectivity index (χ1n) is 9.27. The summed E-state index contributed by atoms with van der Waals surface area (Å²) in [7, 11) is 0. The number of nitrogens with one attached hydrogen (secondary N) is 2. The smallest absolute Gasteiger partial charge is 0.315 e. The van der Waals surface area contributed by atoms with E-state index in [0.717, 1.165) is 45.6 Å². The summed E-state index contributed by atoms with van der Waals surface area (Å²) in [5, 5.41) is 6.07. The van der Waals surface area contributed by atoms with Gasteiger partial charge in [0.1, 0.15) is 0 Å². The predicted molar refractivity (Wildman–Crippen MR) is 96.6 cm³/mol. The van der Waals surface area contributed by atoms with Crippen LogP contribution in [0, 0.1) is 0 Å². The second-order valence-corrected chi connectivity index (χ2v) is 6.75. The zero-order valence-corrected chi connectivity index (χ0v) is 14.4. The first kappa shape index (κ1) is 17.1. The van der Waals surface area contributed by atoms with E-state index in [1.807, 2.05) is 0 Å². The van der Waals surface area contributed by atoms with Gasteiger partial charge in [-0.2, -0.15) is 0 Å². The van der Waals surface area contributed by atoms with Crippen LogP contribution < -0.4 is 15.5 Å². The average molecular weight is 331 g/mol. The molecule has 0 aromatic heterocycles. The summed E-state index contributed by atoms with van der Waals surface area (Å²) < 4.78 is 5.39. The van der Waals surface area contributed by atoms with Crippen molar-refractivity contribution in [2.45, 2.75) is 44.6 Å². The van der Waals surface area contributed by atoms with Crippen LogP contribution in [-0.2, 0) is 11.2 Å². The van der Waals surface area contributed by atoms with Crippen LogP contribution in [-0.4, -0.2) is 44.9 Å². The first-order valence-corrected chi connectivity index (χ1v) is 9.27. The fraction of sp³-hybridized carbons (Fsp3) is 0.632. The Labute approximate surface area is 144 Å². The van der Waals surface area contributed by atoms with Gasteiger partial charge in [-0.15, -0.1) is 0 Å². The molecule has 1 heterocycles. The van der Waals surface area contributed by atoms with E-state index in [1.165, 1.54) is 30.5 Å². The molecule has 0 spiro atoms. The van der Waals surface area contributed by atoms with Crippen LogP contribution in [0.1, 0.15) is 37.7 Å². The van der Waals surface area contributed by atoms with Gasteiger partial charge in [0.05, 0.1) is 13.2 Å². The topological polar surface area (TPSA) is 53.6 Å². The fourth-order valence-electron chi connectivity index (χ4n) is 3.50. The van der Waals surface area contributed by atoms with E-state index in [9.17, 15) is 4.79 Å². The standard InChI is InChI=1S/C19H29N3O2/c23-19(21-17-4-2-1-3-5-17)20-11-10-16-6-8-18(9-7-16)22-12-14-24-15-13-22/h6-9,17H,1-5,10-15H2,(H2,20,21,23). The second kappa shape index (κ2) is 8.92. The number of urea groups is 1. The molecule has 2 amide bonds. The normalized spacial score (nSPS) is 19.1. The van der Waals surface area contributed by atoms with Crippen LogP contribution in [0.2, 0.25) is 0 Å². The molecule has 1 aromatic carbocycles. The van der Waals surface area contributed by atoms with E-state index in [2.05, 4.69) is 39.8 Å². The highest BCUT2D eigenvalue weighted by Crippen LogP contribution is 2.18. The number of ether oxygens (including phenoxy) is 1. The number of rotatable bonds is 5. The molecule has 2 N–H and O–H groups in total. The van der Waals surface area contributed by atoms with Crippen molar-refractivity contribution < 1.29 is 9.53 Å². The number of benzene rings is 1. The van der Waals surface area contributed by atoms with Crippen LogP contribution >= 0.6 is 0 Å². The maximum absolute atomic E-state index is 11.9. The Morgan fingerprint density at radius 3 is 2.50 bits per heavy atom. The lowest BCUT2D eigenvalue weighted by Gasteiger charge is -2.28. The van der Waals surface area contributed by atoms with Crippen LogP contribution in [0.25, 0.3) is 0 Å². The van der Waals surface area contributed by atoms with Gasteiger partial charge in [0.15, 0.2) is 0 Å². The third-order valence-corrected chi connectivity index (χ3v) is 4.95. The van der Waals surface area contributed by atoms with Crippen molar-refractivity contribution in [1.29, 1.82) is 0 Å². The molecule has 5 heteroatoms. The fourth-order valence-corrected chi connectivity index (χ4v) is 3.50. The van der Waals surface area contributed by atoms with Crippen LogP contribution in [0.15, 0.2) is 24.3 Å². The molecule has 3 rings (SSSR count). The van der Waals surface area contributed by atoms with Gasteiger partial charge in [-0.05, 0) is 37.0 Å². The highest BCUT2D eigenvalue weighted by molar-refractivity contribution is 5.74. The summed E-state index contributed by atoms with van der Waals surface area (Å²) >= 11 is 0. The molecule has 1 saturated heterocycles. The molecule has 1 aliphatic heterocycles. The summed E-state index contributed by atoms with van der Waals surface area (Å²) in [6.45, 7) is 4.21. The molecule has 2 aliphatic rings. The Morgan fingerprint density at radius 1 is 1.08 bits per heavy atom. The molecule has 2 fully saturated rings. The summed E-state index contributed by atoms with van der Waals surface area (Å²) in [5.41, 5.74) is 2.51. The van der Waals surface area contributed by atoms with Gasteiger partial charge in [0.25, 0.3) is 0 Å². The molecule has 5 nitrogen and oxygen atoms in total. The monoisotopic (exact) mass is 331 g/mol. The van der Waals surface area contributed by atoms with E-state index in [-0.39, 0.29) is 6.03 Å². The highest BCUT2D eigenvalue weighted by atomic mass is 16.5. The van der Waals surface area contributed by atoms with Gasteiger partial charge in [-0.1, -0.05) is 31.4 Å². The van der Waals surface area contributed by atoms with Crippen molar-refractivity contribution in [2.75, 3.05) is 37.7 Å². The minimum atomic E-state index is -0.0214. The number of hydrogen-bond donors (Lipinski definition) is 2. The van der Waals surface area contributed by atoms with Gasteiger partial charge in [-0.25, -0.2) is 4.79 Å². The molecule has 0 radical (unpaired) electrons. The molecule has 24 heavy (non-hydrogen) atoms. The molecule has 1 aromatic rings. The van der Waals surface area contributed by atoms with Crippen molar-refractivity contribution in [1.82, 2.24) is 10.6 Å². The number of nitrogens with zero attached hydrogens (tertiary/aromatic N) is 1. The van der Waals surface area contributed by atoms with Crippen molar-refractivity contribution in [3.8, 4) is 0 Å². The minimum absolute atomic E-state index is 0.0214. The van der Waals surface area contributed by atoms with E-state index >= 15 is 0 Å². The lowest BCUT2D eigenvalue weighted by atomic mass is 9.96. The Hall–Kier alpha value is -1.75. The highest BCUT2D eigenvalue weighted by Gasteiger charge is 2.15. The molecule has 0 bridgehead atoms. The van der Waals surface area contributed by atoms with Crippen molar-refractivity contribution >= 4 is 11.7 Å². The zero-order valence-electron chi connectivity index (χ0n) is 14.4. The third kappa shape index (κ3) is 5.13. The summed E-state index contributed by atoms with van der Waals surface area (Å²) in [6.07, 6.45) is 6.88. The molecular formula is C19H29N3O2. The van der Waals surface area contributed by atoms with Crippen molar-refractivity contribution in [3.05, 3.63) is 29.8 Å². The Balaban J connectivity index is 1.37. The predicted octanol–water partition coefficient (Wildman–Crippen LogP) is 2.70. The van der Waals surface area contributed by atoms with Crippen molar-refractivity contribution in [2.24, 2.45) is 0 Å². The Kier molecular flexibility index (Phi) is 6.35. The largest absolute Gasteiger partial charge is 0.378 e. The number of hydrogen-bond acceptors (Lipinski definition) is 3. The van der Waals surface area contributed by atoms with Gasteiger partial charge < -0.3 is 20.3 Å². The lowest BCUT2D eigenvalue weighted by molar-refractivity contribution is 0.122. The maximum Gasteiger partial charge on any atom is 0.315 e. The number of carbonyl (C=O) groups is 1. The van der Waals surface area contributed by atoms with E-state index in [0.29, 0.717) is 12.6 Å². The summed E-state index contributed by atoms with van der Waals surface area (Å²) in [4.78, 5) is 14.3. The number of amides is 2. The van der Waals surface area contributed by atoms with Gasteiger partial charge >= 0.3 is 6.03 Å². The maximum atomic E-state index is 11.9. The van der Waals surface area contributed by atoms with E-state index in [1.54, 1.807) is 0 Å². The summed E-state index contributed by atoms with van der Waals surface area (Å²) in [6, 6.07) is 9.00. The van der Waals surface area contributed by atoms with E-state index < -0.39 is 0 Å². The SMILES string of the molecule is O=C(NCCc1ccc(N2CCOCC2)cc1)NC1CCCCC1. The quantitative estimate of drug-likeness (QED) is 0.872. The Bertz CT molecular complexity index is 506. The molecular weight excluding hydrogens is 302 g/mol. The average Bonchev–Trinajstić information content (AvgIpc) is 2.64. The third-order valence-electron chi connectivity index (χ3n) is 4.95. The number of carbonyl (C=O) groups excluding carboxylic acids is 1.